The lowest BCUT2D eigenvalue weighted by Crippen LogP contribution is -2.35. The van der Waals surface area contributed by atoms with Gasteiger partial charge in [-0.25, -0.2) is 22.2 Å². The van der Waals surface area contributed by atoms with E-state index in [2.05, 4.69) is 42.8 Å². The minimum absolute atomic E-state index is 0.0939. The first-order chi connectivity index (χ1) is 29.3. The van der Waals surface area contributed by atoms with Crippen molar-refractivity contribution in [1.82, 2.24) is 20.1 Å². The van der Waals surface area contributed by atoms with Crippen LogP contribution in [0.4, 0.5) is 45.3 Å². The largest absolute Gasteiger partial charge is 0.408 e. The summed E-state index contributed by atoms with van der Waals surface area (Å²) in [5.74, 6) is -0.723. The fourth-order valence-corrected chi connectivity index (χ4v) is 8.37. The maximum Gasteiger partial charge on any atom is 0.408 e. The van der Waals surface area contributed by atoms with Gasteiger partial charge in [-0.15, -0.1) is 0 Å². The van der Waals surface area contributed by atoms with Crippen LogP contribution < -0.4 is 15.8 Å². The van der Waals surface area contributed by atoms with Crippen molar-refractivity contribution in [2.45, 2.75) is 60.1 Å². The quantitative estimate of drug-likeness (QED) is 0.0429. The predicted molar refractivity (Wildman–Crippen MR) is 235 cm³/mol. The van der Waals surface area contributed by atoms with Gasteiger partial charge in [-0.2, -0.15) is 35.8 Å². The van der Waals surface area contributed by atoms with Crippen molar-refractivity contribution in [3.63, 3.8) is 0 Å². The van der Waals surface area contributed by atoms with Crippen LogP contribution in [0.3, 0.4) is 0 Å². The van der Waals surface area contributed by atoms with Crippen LogP contribution in [0.1, 0.15) is 43.3 Å². The van der Waals surface area contributed by atoms with E-state index in [1.165, 1.54) is 44.4 Å². The zero-order valence-electron chi connectivity index (χ0n) is 33.8. The lowest BCUT2D eigenvalue weighted by Gasteiger charge is -2.23. The van der Waals surface area contributed by atoms with Crippen molar-refractivity contribution < 1.29 is 56.9 Å². The number of nitrogens with zero attached hydrogens (tertiary/aromatic N) is 4. The summed E-state index contributed by atoms with van der Waals surface area (Å²) in [5, 5.41) is 5.88. The van der Waals surface area contributed by atoms with Gasteiger partial charge in [0.15, 0.2) is 5.82 Å². The maximum atomic E-state index is 15.4. The molecule has 0 saturated heterocycles. The Morgan fingerprint density at radius 3 is 2.28 bits per heavy atom. The van der Waals surface area contributed by atoms with Crippen molar-refractivity contribution in [3.05, 3.63) is 87.3 Å². The number of fused-ring (bicyclic) bond motifs is 2. The van der Waals surface area contributed by atoms with Crippen molar-refractivity contribution in [1.29, 1.82) is 0 Å². The van der Waals surface area contributed by atoms with Gasteiger partial charge in [0, 0.05) is 57.5 Å². The predicted octanol–water partition coefficient (Wildman–Crippen LogP) is 7.81. The van der Waals surface area contributed by atoms with E-state index in [0.717, 1.165) is 18.4 Å². The zero-order valence-corrected chi connectivity index (χ0v) is 38.3. The van der Waals surface area contributed by atoms with Gasteiger partial charge in [-0.1, -0.05) is 23.6 Å². The molecule has 2 aliphatic carbocycles. The van der Waals surface area contributed by atoms with Crippen LogP contribution in [-0.4, -0.2) is 84.7 Å². The van der Waals surface area contributed by atoms with Gasteiger partial charge in [0.2, 0.25) is 15.9 Å². The number of hydrogen-bond donors (Lipinski definition) is 3. The van der Waals surface area contributed by atoms with E-state index in [4.69, 9.17) is 17.3 Å². The summed E-state index contributed by atoms with van der Waals surface area (Å²) in [6, 6.07) is 5.86. The minimum atomic E-state index is -4.94. The molecule has 2 aromatic heterocycles. The number of nitrogens with two attached hydrogens (primary N) is 1. The van der Waals surface area contributed by atoms with Gasteiger partial charge in [0.1, 0.15) is 36.1 Å². The van der Waals surface area contributed by atoms with Gasteiger partial charge >= 0.3 is 10.1 Å². The number of carbonyl (C=O) groups is 1. The standard InChI is InChI=1S/C40H36ClF9IN7O4S2/c1-37(2,63(3,4)60)11-10-22-6-7-23(24-8-9-27(41)31-33(24)58(18-38(44,45)46)56-36(31)57-64(5,61)62)32(54-22)28(14-19-12-20(42)15-21(43)13-19)55-29(59)17-53-35-30(34(52)40(49,50)51)25-16-26(25)39(35,47)48/h6-9,12-13,15,25-26,28H,3,14,16-18,52H2,1-2,4-5H3,(H,55,59)(H,56,57). The van der Waals surface area contributed by atoms with Crippen LogP contribution in [0, 0.1) is 35.3 Å². The molecule has 64 heavy (non-hydrogen) atoms. The second-order valence-electron chi connectivity index (χ2n) is 15.9. The van der Waals surface area contributed by atoms with Gasteiger partial charge in [-0.3, -0.25) is 23.4 Å². The van der Waals surface area contributed by atoms with Crippen LogP contribution in [-0.2, 0) is 37.3 Å². The maximum absolute atomic E-state index is 15.4. The number of aromatic nitrogens is 3. The number of nitrogens with one attached hydrogen (secondary N) is 2. The molecule has 344 valence electrons. The molecule has 24 heteroatoms. The van der Waals surface area contributed by atoms with Gasteiger partial charge in [0.25, 0.3) is 5.92 Å². The molecule has 2 fully saturated rings. The Morgan fingerprint density at radius 2 is 1.70 bits per heavy atom. The topological polar surface area (TPSA) is 161 Å². The van der Waals surface area contributed by atoms with Crippen molar-refractivity contribution in [2.24, 2.45) is 22.6 Å². The Hall–Kier alpha value is -4.54. The molecule has 0 spiro atoms. The summed E-state index contributed by atoms with van der Waals surface area (Å²) in [5.41, 5.74) is 1.69. The number of carbonyl (C=O) groups excluding carboxylic acids is 1. The van der Waals surface area contributed by atoms with Crippen molar-refractivity contribution in [3.8, 4) is 23.0 Å². The molecule has 2 heterocycles. The summed E-state index contributed by atoms with van der Waals surface area (Å²) in [7, 11) is -7.00. The van der Waals surface area contributed by atoms with Crippen LogP contribution in [0.15, 0.2) is 58.7 Å². The molecular weight excluding hydrogens is 1040 g/mol. The number of sulfonamides is 1. The molecule has 4 N–H and O–H groups in total. The third kappa shape index (κ3) is 10.6. The normalized spacial score (nSPS) is 20.3. The Bertz CT molecular complexity index is 2920. The summed E-state index contributed by atoms with van der Waals surface area (Å²) in [6.45, 7) is 0.178. The first kappa shape index (κ1) is 48.9. The highest BCUT2D eigenvalue weighted by molar-refractivity contribution is 14.1. The van der Waals surface area contributed by atoms with Gasteiger partial charge < -0.3 is 11.1 Å². The Balaban J connectivity index is 1.59. The first-order valence-electron chi connectivity index (χ1n) is 18.6. The second-order valence-corrected chi connectivity index (χ2v) is 22.4. The molecule has 2 saturated carbocycles. The SMILES string of the molecule is C=S(C)(=O)C(C)(C)C#Cc1ccc(-c2ccc(Cl)c3c(NS(C)(=O)=O)nn(CC(F)(F)F)c23)c(C(Cc2cc(F)cc(F)c2)NC(=O)CN=C2C(=C(N)C(F)(F)I)C3CC3C2(F)F)n1. The number of amides is 1. The number of aliphatic imine (C=N–C) groups is 1. The summed E-state index contributed by atoms with van der Waals surface area (Å²) < 4.78 is 166. The van der Waals surface area contributed by atoms with Crippen LogP contribution >= 0.6 is 34.2 Å². The highest BCUT2D eigenvalue weighted by atomic mass is 127. The van der Waals surface area contributed by atoms with Gasteiger partial charge in [-0.05, 0) is 89.8 Å². The second kappa shape index (κ2) is 17.0. The molecule has 4 unspecified atom stereocenters. The molecule has 4 atom stereocenters. The molecule has 2 aromatic carbocycles. The van der Waals surface area contributed by atoms with Crippen LogP contribution in [0.25, 0.3) is 22.0 Å². The summed E-state index contributed by atoms with van der Waals surface area (Å²) in [4.78, 5) is 22.2. The minimum Gasteiger partial charge on any atom is -0.396 e. The first-order valence-corrected chi connectivity index (χ1v) is 24.1. The monoisotopic (exact) mass is 1080 g/mol. The number of allylic oxidation sites excluding steroid dienone is 2. The lowest BCUT2D eigenvalue weighted by atomic mass is 9.93. The Kier molecular flexibility index (Phi) is 13.0. The molecule has 4 aromatic rings. The fourth-order valence-electron chi connectivity index (χ4n) is 7.08. The van der Waals surface area contributed by atoms with E-state index < -0.39 is 118 Å². The van der Waals surface area contributed by atoms with E-state index in [1.807, 2.05) is 0 Å². The molecular formula is C40H36ClF9IN7O4S2. The Morgan fingerprint density at radius 1 is 1.08 bits per heavy atom. The summed E-state index contributed by atoms with van der Waals surface area (Å²) >= 11 is 7.17. The molecule has 0 aliphatic heterocycles. The molecule has 11 nitrogen and oxygen atoms in total. The van der Waals surface area contributed by atoms with E-state index in [0.29, 0.717) is 33.3 Å². The number of rotatable bonds is 12. The zero-order chi connectivity index (χ0) is 47.7. The van der Waals surface area contributed by atoms with E-state index >= 15 is 8.78 Å². The number of halogens is 11. The highest BCUT2D eigenvalue weighted by Gasteiger charge is 2.68. The highest BCUT2D eigenvalue weighted by Crippen LogP contribution is 2.62. The third-order valence-corrected chi connectivity index (χ3v) is 14.2. The fraction of sp³-hybridized carbons (Fsp3) is 0.375. The average Bonchev–Trinajstić information content (AvgIpc) is 3.81. The van der Waals surface area contributed by atoms with Crippen molar-refractivity contribution in [2.75, 3.05) is 23.8 Å². The lowest BCUT2D eigenvalue weighted by molar-refractivity contribution is -0.141. The number of anilines is 1. The number of pyridine rings is 1. The molecule has 0 radical (unpaired) electrons. The number of benzene rings is 2. The Labute approximate surface area is 379 Å². The third-order valence-electron chi connectivity index (χ3n) is 10.4. The summed E-state index contributed by atoms with van der Waals surface area (Å²) in [6.07, 6.45) is -3.54. The van der Waals surface area contributed by atoms with Crippen molar-refractivity contribution >= 4 is 87.9 Å². The van der Waals surface area contributed by atoms with Crippen LogP contribution in [0.5, 0.6) is 0 Å². The average molecular weight is 1080 g/mol. The van der Waals surface area contributed by atoms with E-state index in [9.17, 15) is 48.2 Å². The molecule has 2 aliphatic rings. The molecule has 0 bridgehead atoms. The van der Waals surface area contributed by atoms with Gasteiger partial charge in [0.05, 0.1) is 44.4 Å². The molecule has 1 amide bonds. The smallest absolute Gasteiger partial charge is 0.396 e. The number of hydrogen-bond acceptors (Lipinski definition) is 8. The number of alkyl halides is 8. The molecule has 6 rings (SSSR count). The van der Waals surface area contributed by atoms with Crippen LogP contribution in [0.2, 0.25) is 5.02 Å². The van der Waals surface area contributed by atoms with E-state index in [1.54, 1.807) is 0 Å². The van der Waals surface area contributed by atoms with E-state index in [-0.39, 0.29) is 50.4 Å².